The number of aryl methyl sites for hydroxylation is 2. The van der Waals surface area contributed by atoms with Crippen LogP contribution in [0.2, 0.25) is 0 Å². The number of hydrogen-bond acceptors (Lipinski definition) is 0. The van der Waals surface area contributed by atoms with E-state index in [-0.39, 0.29) is 0 Å². The molecule has 0 fully saturated rings. The van der Waals surface area contributed by atoms with E-state index < -0.39 is 0 Å². The van der Waals surface area contributed by atoms with E-state index in [1.807, 2.05) is 0 Å². The third kappa shape index (κ3) is 2.97. The first-order valence-electron chi connectivity index (χ1n) is 11.8. The second kappa shape index (κ2) is 7.58. The van der Waals surface area contributed by atoms with E-state index in [2.05, 4.69) is 85.0 Å². The predicted molar refractivity (Wildman–Crippen MR) is 126 cm³/mol. The second-order valence-electron chi connectivity index (χ2n) is 9.45. The van der Waals surface area contributed by atoms with E-state index in [1.54, 1.807) is 33.4 Å². The zero-order chi connectivity index (χ0) is 19.9. The van der Waals surface area contributed by atoms with Gasteiger partial charge in [-0.15, -0.1) is 0 Å². The Labute approximate surface area is 180 Å². The summed E-state index contributed by atoms with van der Waals surface area (Å²) in [5, 5.41) is 0. The van der Waals surface area contributed by atoms with Crippen LogP contribution in [0.3, 0.4) is 0 Å². The molecule has 0 N–H and O–H groups in total. The minimum absolute atomic E-state index is 0.439. The molecule has 3 atom stereocenters. The molecule has 4 aliphatic carbocycles. The molecule has 0 saturated heterocycles. The third-order valence-corrected chi connectivity index (χ3v) is 7.97. The molecule has 2 aromatic rings. The van der Waals surface area contributed by atoms with Crippen LogP contribution >= 0.6 is 0 Å². The van der Waals surface area contributed by atoms with Gasteiger partial charge in [0.2, 0.25) is 0 Å². The zero-order valence-electron chi connectivity index (χ0n) is 17.6. The lowest BCUT2D eigenvalue weighted by Crippen LogP contribution is -2.29. The van der Waals surface area contributed by atoms with Crippen molar-refractivity contribution < 1.29 is 0 Å². The van der Waals surface area contributed by atoms with Gasteiger partial charge in [-0.1, -0.05) is 90.6 Å². The Morgan fingerprint density at radius 2 is 1.40 bits per heavy atom. The van der Waals surface area contributed by atoms with Gasteiger partial charge in [0, 0.05) is 11.8 Å². The van der Waals surface area contributed by atoms with Crippen molar-refractivity contribution >= 4 is 0 Å². The van der Waals surface area contributed by atoms with Crippen molar-refractivity contribution in [2.45, 2.75) is 44.4 Å². The fraction of sp³-hybridized carbons (Fsp3) is 0.333. The average Bonchev–Trinajstić information content (AvgIpc) is 3.07. The van der Waals surface area contributed by atoms with E-state index in [9.17, 15) is 0 Å². The Balaban J connectivity index is 1.61. The lowest BCUT2D eigenvalue weighted by atomic mass is 9.65. The molecule has 30 heavy (non-hydrogen) atoms. The summed E-state index contributed by atoms with van der Waals surface area (Å²) in [7, 11) is 0. The molecule has 0 aliphatic heterocycles. The summed E-state index contributed by atoms with van der Waals surface area (Å²) in [5.41, 5.74) is 9.64. The van der Waals surface area contributed by atoms with Gasteiger partial charge in [-0.2, -0.15) is 0 Å². The maximum atomic E-state index is 2.53. The van der Waals surface area contributed by atoms with Gasteiger partial charge in [0.05, 0.1) is 0 Å². The van der Waals surface area contributed by atoms with Crippen LogP contribution in [0.4, 0.5) is 0 Å². The van der Waals surface area contributed by atoms with Crippen LogP contribution in [0.25, 0.3) is 0 Å². The molecule has 0 aromatic heterocycles. The topological polar surface area (TPSA) is 0 Å². The molecular weight excluding hydrogens is 360 g/mol. The van der Waals surface area contributed by atoms with Gasteiger partial charge in [0.1, 0.15) is 0 Å². The first-order chi connectivity index (χ1) is 14.9. The van der Waals surface area contributed by atoms with Gasteiger partial charge in [-0.05, 0) is 78.2 Å². The fourth-order valence-corrected chi connectivity index (χ4v) is 6.60. The van der Waals surface area contributed by atoms with Crippen LogP contribution in [-0.4, -0.2) is 0 Å². The molecule has 0 heteroatoms. The summed E-state index contributed by atoms with van der Waals surface area (Å²) in [6, 6.07) is 18.6. The van der Waals surface area contributed by atoms with Gasteiger partial charge >= 0.3 is 0 Å². The quantitative estimate of drug-likeness (QED) is 0.478. The largest absolute Gasteiger partial charge is 0.0839 e. The van der Waals surface area contributed by atoms with Crippen LogP contribution in [0.15, 0.2) is 96.1 Å². The number of fused-ring (bicyclic) bond motifs is 3. The van der Waals surface area contributed by atoms with Crippen LogP contribution in [0.1, 0.15) is 53.9 Å². The minimum Gasteiger partial charge on any atom is -0.0839 e. The Bertz CT molecular complexity index is 1030. The summed E-state index contributed by atoms with van der Waals surface area (Å²) in [5.74, 6) is 2.19. The van der Waals surface area contributed by atoms with Crippen molar-refractivity contribution in [3.8, 4) is 0 Å². The highest BCUT2D eigenvalue weighted by molar-refractivity contribution is 5.50. The van der Waals surface area contributed by atoms with Crippen molar-refractivity contribution in [1.82, 2.24) is 0 Å². The smallest absolute Gasteiger partial charge is 0.0169 e. The first-order valence-corrected chi connectivity index (χ1v) is 11.8. The van der Waals surface area contributed by atoms with Crippen molar-refractivity contribution in [3.63, 3.8) is 0 Å². The molecule has 2 aromatic carbocycles. The highest BCUT2D eigenvalue weighted by Gasteiger charge is 2.41. The van der Waals surface area contributed by atoms with E-state index in [1.165, 1.54) is 25.7 Å². The third-order valence-electron chi connectivity index (χ3n) is 7.97. The summed E-state index contributed by atoms with van der Waals surface area (Å²) in [6.07, 6.45) is 21.9. The summed E-state index contributed by atoms with van der Waals surface area (Å²) in [4.78, 5) is 0. The van der Waals surface area contributed by atoms with Crippen LogP contribution < -0.4 is 0 Å². The Morgan fingerprint density at radius 1 is 0.700 bits per heavy atom. The molecular formula is C30H30. The second-order valence-corrected chi connectivity index (χ2v) is 9.45. The number of rotatable bonds is 1. The maximum Gasteiger partial charge on any atom is 0.0169 e. The van der Waals surface area contributed by atoms with Gasteiger partial charge in [-0.3, -0.25) is 0 Å². The van der Waals surface area contributed by atoms with Gasteiger partial charge in [0.25, 0.3) is 0 Å². The van der Waals surface area contributed by atoms with Gasteiger partial charge < -0.3 is 0 Å². The maximum absolute atomic E-state index is 2.53. The van der Waals surface area contributed by atoms with Gasteiger partial charge in [-0.25, -0.2) is 0 Å². The Hall–Kier alpha value is -2.60. The Kier molecular flexibility index (Phi) is 4.60. The van der Waals surface area contributed by atoms with Crippen LogP contribution in [0.5, 0.6) is 0 Å². The molecule has 3 unspecified atom stereocenters. The van der Waals surface area contributed by atoms with Gasteiger partial charge in [0.15, 0.2) is 0 Å². The monoisotopic (exact) mass is 390 g/mol. The molecule has 6 rings (SSSR count). The molecule has 150 valence electrons. The molecule has 0 nitrogen and oxygen atoms in total. The van der Waals surface area contributed by atoms with Crippen LogP contribution in [-0.2, 0) is 12.8 Å². The molecule has 0 radical (unpaired) electrons. The predicted octanol–water partition coefficient (Wildman–Crippen LogP) is 7.33. The molecule has 4 aliphatic rings. The van der Waals surface area contributed by atoms with Crippen molar-refractivity contribution in [2.75, 3.05) is 0 Å². The van der Waals surface area contributed by atoms with E-state index in [0.717, 1.165) is 12.8 Å². The first kappa shape index (κ1) is 18.2. The van der Waals surface area contributed by atoms with E-state index in [0.29, 0.717) is 23.7 Å². The minimum atomic E-state index is 0.439. The lowest BCUT2D eigenvalue weighted by molar-refractivity contribution is 0.331. The number of benzene rings is 2. The summed E-state index contributed by atoms with van der Waals surface area (Å²) < 4.78 is 0. The normalized spacial score (nSPS) is 27.5. The fourth-order valence-electron chi connectivity index (χ4n) is 6.60. The summed E-state index contributed by atoms with van der Waals surface area (Å²) in [6.45, 7) is 0. The zero-order valence-corrected chi connectivity index (χ0v) is 17.6. The Morgan fingerprint density at radius 3 is 2.17 bits per heavy atom. The number of allylic oxidation sites excluding steroid dienone is 8. The molecule has 0 amide bonds. The average molecular weight is 391 g/mol. The molecule has 0 bridgehead atoms. The highest BCUT2D eigenvalue weighted by atomic mass is 14.4. The number of hydrogen-bond donors (Lipinski definition) is 0. The van der Waals surface area contributed by atoms with Crippen molar-refractivity contribution in [2.24, 2.45) is 17.8 Å². The SMILES string of the molecule is C1=CC2CCC3=C(C=CCC3)C(C3c4ccccc4CCc4ccccc43)C2C=C1. The van der Waals surface area contributed by atoms with Crippen molar-refractivity contribution in [1.29, 1.82) is 0 Å². The van der Waals surface area contributed by atoms with E-state index in [4.69, 9.17) is 0 Å². The van der Waals surface area contributed by atoms with Crippen LogP contribution in [0, 0.1) is 17.8 Å². The standard InChI is InChI=1S/C30H30/c1-5-13-25-21(9-1)17-18-22-10-2-6-14-26(22)29(25)30-27-15-7-3-11-23(27)19-20-24-12-4-8-16-28(24)30/h1-3,5-11,13-16,23,27,29-30H,4,12,17-20H2. The summed E-state index contributed by atoms with van der Waals surface area (Å²) >= 11 is 0. The molecule has 0 saturated carbocycles. The molecule has 0 heterocycles. The lowest BCUT2D eigenvalue weighted by Gasteiger charge is -2.38. The highest BCUT2D eigenvalue weighted by Crippen LogP contribution is 2.52. The van der Waals surface area contributed by atoms with E-state index >= 15 is 0 Å². The molecule has 0 spiro atoms. The van der Waals surface area contributed by atoms with Crippen molar-refractivity contribution in [3.05, 3.63) is 118 Å².